The van der Waals surface area contributed by atoms with Gasteiger partial charge in [0, 0.05) is 12.0 Å². The van der Waals surface area contributed by atoms with Crippen molar-refractivity contribution in [3.05, 3.63) is 35.9 Å². The maximum atomic E-state index is 11.7. The van der Waals surface area contributed by atoms with Gasteiger partial charge in [-0.3, -0.25) is 4.79 Å². The van der Waals surface area contributed by atoms with Crippen LogP contribution in [0, 0.1) is 5.92 Å². The highest BCUT2D eigenvalue weighted by Crippen LogP contribution is 2.25. The lowest BCUT2D eigenvalue weighted by atomic mass is 9.84. The Bertz CT molecular complexity index is 470. The summed E-state index contributed by atoms with van der Waals surface area (Å²) in [4.78, 5) is 23.3. The van der Waals surface area contributed by atoms with Crippen LogP contribution in [0.5, 0.6) is 0 Å². The van der Waals surface area contributed by atoms with Gasteiger partial charge >= 0.3 is 6.09 Å². The number of hydrogen-bond donors (Lipinski definition) is 1. The van der Waals surface area contributed by atoms with E-state index in [2.05, 4.69) is 21.2 Å². The topological polar surface area (TPSA) is 55.4 Å². The molecule has 1 aromatic rings. The molecule has 0 aliphatic heterocycles. The largest absolute Gasteiger partial charge is 0.445 e. The van der Waals surface area contributed by atoms with E-state index in [1.165, 1.54) is 0 Å². The molecule has 0 aromatic heterocycles. The lowest BCUT2D eigenvalue weighted by Crippen LogP contribution is -2.39. The summed E-state index contributed by atoms with van der Waals surface area (Å²) in [6.45, 7) is 0.282. The number of Topliss-reactive ketones (excluding diaryl/α,β-unsaturated/α-hetero) is 1. The van der Waals surface area contributed by atoms with Crippen molar-refractivity contribution in [1.29, 1.82) is 0 Å². The number of halogens is 1. The van der Waals surface area contributed by atoms with Gasteiger partial charge in [0.1, 0.15) is 12.4 Å². The van der Waals surface area contributed by atoms with Crippen molar-refractivity contribution in [2.75, 3.05) is 5.33 Å². The summed E-state index contributed by atoms with van der Waals surface area (Å²) in [6, 6.07) is 9.72. The summed E-state index contributed by atoms with van der Waals surface area (Å²) >= 11 is 3.21. The molecule has 1 aliphatic rings. The number of hydrogen-bond acceptors (Lipinski definition) is 3. The molecule has 1 saturated carbocycles. The van der Waals surface area contributed by atoms with Crippen LogP contribution in [0.1, 0.15) is 31.2 Å². The number of alkyl carbamates (subject to hydrolysis) is 1. The van der Waals surface area contributed by atoms with E-state index in [0.717, 1.165) is 31.2 Å². The molecule has 1 aromatic carbocycles. The molecule has 1 N–H and O–H groups in total. The first-order valence-electron chi connectivity index (χ1n) is 7.25. The van der Waals surface area contributed by atoms with Gasteiger partial charge in [-0.05, 0) is 31.2 Å². The number of ether oxygens (including phenoxy) is 1. The SMILES string of the molecule is O=C(NC1CCC(C(=O)CBr)CC1)OCc1ccccc1. The fourth-order valence-corrected chi connectivity index (χ4v) is 3.06. The number of carbonyl (C=O) groups is 2. The monoisotopic (exact) mass is 353 g/mol. The Morgan fingerprint density at radius 1 is 1.14 bits per heavy atom. The van der Waals surface area contributed by atoms with E-state index in [4.69, 9.17) is 4.74 Å². The lowest BCUT2D eigenvalue weighted by Gasteiger charge is -2.27. The molecular weight excluding hydrogens is 334 g/mol. The molecule has 21 heavy (non-hydrogen) atoms. The minimum Gasteiger partial charge on any atom is -0.445 e. The molecule has 4 nitrogen and oxygen atoms in total. The van der Waals surface area contributed by atoms with Crippen LogP contribution in [0.3, 0.4) is 0 Å². The van der Waals surface area contributed by atoms with Crippen LogP contribution in [0.2, 0.25) is 0 Å². The second-order valence-electron chi connectivity index (χ2n) is 5.35. The van der Waals surface area contributed by atoms with Crippen LogP contribution in [-0.2, 0) is 16.1 Å². The zero-order valence-corrected chi connectivity index (χ0v) is 13.5. The third kappa shape index (κ3) is 5.16. The Hall–Kier alpha value is -1.36. The lowest BCUT2D eigenvalue weighted by molar-refractivity contribution is -0.121. The number of amides is 1. The van der Waals surface area contributed by atoms with Crippen molar-refractivity contribution < 1.29 is 14.3 Å². The molecule has 1 amide bonds. The highest BCUT2D eigenvalue weighted by atomic mass is 79.9. The molecule has 2 rings (SSSR count). The summed E-state index contributed by atoms with van der Waals surface area (Å²) in [6.07, 6.45) is 2.98. The second kappa shape index (κ2) is 8.17. The maximum absolute atomic E-state index is 11.7. The second-order valence-corrected chi connectivity index (χ2v) is 5.92. The van der Waals surface area contributed by atoms with Gasteiger partial charge in [0.05, 0.1) is 5.33 Å². The van der Waals surface area contributed by atoms with Gasteiger partial charge in [0.2, 0.25) is 0 Å². The van der Waals surface area contributed by atoms with Gasteiger partial charge in [-0.25, -0.2) is 4.79 Å². The molecule has 0 radical (unpaired) electrons. The first-order chi connectivity index (χ1) is 10.2. The van der Waals surface area contributed by atoms with Crippen LogP contribution in [0.4, 0.5) is 4.79 Å². The molecule has 0 atom stereocenters. The van der Waals surface area contributed by atoms with E-state index < -0.39 is 0 Å². The summed E-state index contributed by atoms with van der Waals surface area (Å²) in [7, 11) is 0. The summed E-state index contributed by atoms with van der Waals surface area (Å²) in [5.74, 6) is 0.405. The highest BCUT2D eigenvalue weighted by molar-refractivity contribution is 9.09. The molecule has 0 saturated heterocycles. The van der Waals surface area contributed by atoms with Gasteiger partial charge in [-0.1, -0.05) is 46.3 Å². The standard InChI is InChI=1S/C16H20BrNO3/c17-10-15(19)13-6-8-14(9-7-13)18-16(20)21-11-12-4-2-1-3-5-12/h1-5,13-14H,6-11H2,(H,18,20). The number of alkyl halides is 1. The molecule has 0 bridgehead atoms. The molecule has 1 fully saturated rings. The van der Waals surface area contributed by atoms with Crippen LogP contribution in [-0.4, -0.2) is 23.2 Å². The quantitative estimate of drug-likeness (QED) is 0.825. The molecular formula is C16H20BrNO3. The van der Waals surface area contributed by atoms with Crippen molar-refractivity contribution in [3.8, 4) is 0 Å². The number of benzene rings is 1. The van der Waals surface area contributed by atoms with Crippen LogP contribution in [0.25, 0.3) is 0 Å². The fraction of sp³-hybridized carbons (Fsp3) is 0.500. The Morgan fingerprint density at radius 3 is 2.43 bits per heavy atom. The maximum Gasteiger partial charge on any atom is 0.407 e. The normalized spacial score (nSPS) is 21.6. The third-order valence-corrected chi connectivity index (χ3v) is 4.40. The predicted octanol–water partition coefficient (Wildman–Crippen LogP) is 3.44. The smallest absolute Gasteiger partial charge is 0.407 e. The fourth-order valence-electron chi connectivity index (χ4n) is 2.60. The van der Waals surface area contributed by atoms with Gasteiger partial charge in [0.15, 0.2) is 0 Å². The van der Waals surface area contributed by atoms with Gasteiger partial charge in [-0.2, -0.15) is 0 Å². The predicted molar refractivity (Wildman–Crippen MR) is 84.3 cm³/mol. The van der Waals surface area contributed by atoms with Crippen molar-refractivity contribution in [2.24, 2.45) is 5.92 Å². The van der Waals surface area contributed by atoms with Crippen molar-refractivity contribution in [2.45, 2.75) is 38.3 Å². The minimum absolute atomic E-state index is 0.118. The van der Waals surface area contributed by atoms with E-state index in [0.29, 0.717) is 5.33 Å². The molecule has 1 aliphatic carbocycles. The molecule has 0 spiro atoms. The summed E-state index contributed by atoms with van der Waals surface area (Å²) in [5.41, 5.74) is 0.972. The van der Waals surface area contributed by atoms with Crippen molar-refractivity contribution in [3.63, 3.8) is 0 Å². The summed E-state index contributed by atoms with van der Waals surface area (Å²) < 4.78 is 5.20. The minimum atomic E-state index is -0.380. The Kier molecular flexibility index (Phi) is 6.23. The first-order valence-corrected chi connectivity index (χ1v) is 8.37. The molecule has 0 heterocycles. The Balaban J connectivity index is 1.68. The van der Waals surface area contributed by atoms with Crippen LogP contribution < -0.4 is 5.32 Å². The number of rotatable bonds is 5. The van der Waals surface area contributed by atoms with E-state index >= 15 is 0 Å². The highest BCUT2D eigenvalue weighted by Gasteiger charge is 2.26. The van der Waals surface area contributed by atoms with Crippen LogP contribution >= 0.6 is 15.9 Å². The van der Waals surface area contributed by atoms with Crippen LogP contribution in [0.15, 0.2) is 30.3 Å². The Morgan fingerprint density at radius 2 is 1.81 bits per heavy atom. The van der Waals surface area contributed by atoms with E-state index in [1.54, 1.807) is 0 Å². The third-order valence-electron chi connectivity index (χ3n) is 3.85. The number of ketones is 1. The van der Waals surface area contributed by atoms with E-state index in [-0.39, 0.29) is 30.4 Å². The van der Waals surface area contributed by atoms with Crippen molar-refractivity contribution >= 4 is 27.8 Å². The molecule has 5 heteroatoms. The van der Waals surface area contributed by atoms with Gasteiger partial charge in [-0.15, -0.1) is 0 Å². The average molecular weight is 354 g/mol. The zero-order valence-electron chi connectivity index (χ0n) is 11.9. The zero-order chi connectivity index (χ0) is 15.1. The van der Waals surface area contributed by atoms with E-state index in [1.807, 2.05) is 30.3 Å². The van der Waals surface area contributed by atoms with E-state index in [9.17, 15) is 9.59 Å². The summed E-state index contributed by atoms with van der Waals surface area (Å²) in [5, 5.41) is 3.31. The molecule has 0 unspecified atom stereocenters. The van der Waals surface area contributed by atoms with Gasteiger partial charge in [0.25, 0.3) is 0 Å². The molecule has 114 valence electrons. The van der Waals surface area contributed by atoms with Crippen molar-refractivity contribution in [1.82, 2.24) is 5.32 Å². The first kappa shape index (κ1) is 16.0. The number of nitrogens with one attached hydrogen (secondary N) is 1. The Labute approximate surface area is 133 Å². The average Bonchev–Trinajstić information content (AvgIpc) is 2.54. The van der Waals surface area contributed by atoms with Gasteiger partial charge < -0.3 is 10.1 Å². The number of carbonyl (C=O) groups excluding carboxylic acids is 2.